The first-order valence-electron chi connectivity index (χ1n) is 4.26. The second-order valence-electron chi connectivity index (χ2n) is 2.72. The molecular formula is C9H10FNO4. The van der Waals surface area contributed by atoms with E-state index in [4.69, 9.17) is 5.21 Å². The summed E-state index contributed by atoms with van der Waals surface area (Å²) in [6, 6.07) is 2.96. The number of rotatable bonds is 3. The van der Waals surface area contributed by atoms with E-state index in [1.54, 1.807) is 6.92 Å². The van der Waals surface area contributed by atoms with Gasteiger partial charge in [-0.1, -0.05) is 0 Å². The van der Waals surface area contributed by atoms with Gasteiger partial charge in [-0.15, -0.1) is 0 Å². The van der Waals surface area contributed by atoms with Gasteiger partial charge >= 0.3 is 5.97 Å². The molecule has 1 rings (SSSR count). The predicted molar refractivity (Wildman–Crippen MR) is 48.1 cm³/mol. The average molecular weight is 215 g/mol. The molecule has 0 aliphatic carbocycles. The molecule has 15 heavy (non-hydrogen) atoms. The Morgan fingerprint density at radius 2 is 2.33 bits per heavy atom. The number of carbonyl (C=O) groups excluding carboxylic acids is 1. The van der Waals surface area contributed by atoms with Crippen LogP contribution in [0.25, 0.3) is 0 Å². The van der Waals surface area contributed by atoms with Crippen molar-refractivity contribution in [2.75, 3.05) is 6.61 Å². The second kappa shape index (κ2) is 4.83. The number of hydrogen-bond acceptors (Lipinski definition) is 4. The summed E-state index contributed by atoms with van der Waals surface area (Å²) >= 11 is 0. The highest BCUT2D eigenvalue weighted by atomic mass is 19.1. The molecule has 1 aromatic rings. The van der Waals surface area contributed by atoms with Crippen molar-refractivity contribution in [3.8, 4) is 0 Å². The molecular weight excluding hydrogens is 205 g/mol. The van der Waals surface area contributed by atoms with Crippen molar-refractivity contribution < 1.29 is 24.4 Å². The van der Waals surface area contributed by atoms with Gasteiger partial charge in [-0.2, -0.15) is 5.23 Å². The fourth-order valence-electron chi connectivity index (χ4n) is 1.02. The third-order valence-electron chi connectivity index (χ3n) is 1.71. The molecule has 0 saturated carbocycles. The van der Waals surface area contributed by atoms with E-state index >= 15 is 0 Å². The van der Waals surface area contributed by atoms with E-state index in [-0.39, 0.29) is 17.9 Å². The average Bonchev–Trinajstić information content (AvgIpc) is 2.18. The maximum Gasteiger partial charge on any atom is 0.341 e. The Morgan fingerprint density at radius 3 is 2.87 bits per heavy atom. The van der Waals surface area contributed by atoms with Gasteiger partial charge in [0.2, 0.25) is 0 Å². The minimum Gasteiger partial charge on any atom is -0.595 e. The summed E-state index contributed by atoms with van der Waals surface area (Å²) in [7, 11) is 0. The summed E-state index contributed by atoms with van der Waals surface area (Å²) in [6.45, 7) is 1.69. The molecule has 0 saturated heterocycles. The molecule has 0 spiro atoms. The van der Waals surface area contributed by atoms with Crippen molar-refractivity contribution in [3.05, 3.63) is 34.8 Å². The third kappa shape index (κ3) is 2.72. The van der Waals surface area contributed by atoms with Gasteiger partial charge in [-0.3, -0.25) is 0 Å². The fraction of sp³-hybridized carbons (Fsp3) is 0.222. The van der Waals surface area contributed by atoms with Crippen molar-refractivity contribution in [2.45, 2.75) is 6.92 Å². The van der Waals surface area contributed by atoms with Gasteiger partial charge in [0.15, 0.2) is 5.69 Å². The van der Waals surface area contributed by atoms with Gasteiger partial charge in [0, 0.05) is 12.1 Å². The van der Waals surface area contributed by atoms with Crippen LogP contribution in [-0.4, -0.2) is 17.8 Å². The van der Waals surface area contributed by atoms with Crippen LogP contribution in [0.2, 0.25) is 0 Å². The lowest BCUT2D eigenvalue weighted by molar-refractivity contribution is -0.991. The molecule has 0 aliphatic rings. The number of carbonyl (C=O) groups is 1. The smallest absolute Gasteiger partial charge is 0.341 e. The van der Waals surface area contributed by atoms with Crippen LogP contribution < -0.4 is 5.23 Å². The lowest BCUT2D eigenvalue weighted by Crippen LogP contribution is -2.99. The van der Waals surface area contributed by atoms with Gasteiger partial charge in [-0.25, -0.2) is 14.4 Å². The van der Waals surface area contributed by atoms with Crippen LogP contribution in [0.4, 0.5) is 10.1 Å². The standard InChI is InChI=1S/C9H10FNO4/c1-2-15-9(12)7-5-6(11(13)14)3-4-8(7)10/h3-5,11,13H,2H2,1H3. The molecule has 0 radical (unpaired) electrons. The summed E-state index contributed by atoms with van der Waals surface area (Å²) in [4.78, 5) is 11.2. The monoisotopic (exact) mass is 215 g/mol. The molecule has 2 N–H and O–H groups in total. The van der Waals surface area contributed by atoms with Crippen LogP contribution in [0.15, 0.2) is 18.2 Å². The largest absolute Gasteiger partial charge is 0.595 e. The number of benzene rings is 1. The van der Waals surface area contributed by atoms with Gasteiger partial charge in [0.05, 0.1) is 6.61 Å². The summed E-state index contributed by atoms with van der Waals surface area (Å²) in [5, 5.41) is 18.0. The van der Waals surface area contributed by atoms with E-state index in [0.717, 1.165) is 18.2 Å². The van der Waals surface area contributed by atoms with Gasteiger partial charge < -0.3 is 9.94 Å². The van der Waals surface area contributed by atoms with E-state index < -0.39 is 17.0 Å². The van der Waals surface area contributed by atoms with Crippen molar-refractivity contribution in [1.29, 1.82) is 0 Å². The molecule has 6 heteroatoms. The Labute approximate surface area is 85.2 Å². The van der Waals surface area contributed by atoms with E-state index in [9.17, 15) is 14.4 Å². The molecule has 0 bridgehead atoms. The van der Waals surface area contributed by atoms with Crippen LogP contribution in [-0.2, 0) is 4.74 Å². The number of ether oxygens (including phenoxy) is 1. The predicted octanol–water partition coefficient (Wildman–Crippen LogP) is 0.406. The number of quaternary nitrogens is 1. The number of esters is 1. The minimum atomic E-state index is -1.22. The Morgan fingerprint density at radius 1 is 1.67 bits per heavy atom. The Bertz CT molecular complexity index is 367. The first-order valence-corrected chi connectivity index (χ1v) is 4.26. The summed E-state index contributed by atoms with van der Waals surface area (Å²) < 4.78 is 17.7. The van der Waals surface area contributed by atoms with Gasteiger partial charge in [-0.05, 0) is 13.0 Å². The Balaban J connectivity index is 3.05. The van der Waals surface area contributed by atoms with Crippen molar-refractivity contribution in [1.82, 2.24) is 0 Å². The lowest BCUT2D eigenvalue weighted by atomic mass is 10.2. The zero-order valence-corrected chi connectivity index (χ0v) is 7.99. The molecule has 0 amide bonds. The summed E-state index contributed by atoms with van der Waals surface area (Å²) in [5.41, 5.74) is -0.517. The molecule has 0 heterocycles. The van der Waals surface area contributed by atoms with Crippen LogP contribution in [0.5, 0.6) is 0 Å². The Hall–Kier alpha value is -1.50. The molecule has 1 unspecified atom stereocenters. The molecule has 1 atom stereocenters. The molecule has 0 aromatic heterocycles. The highest BCUT2D eigenvalue weighted by Gasteiger charge is 2.15. The van der Waals surface area contributed by atoms with Gasteiger partial charge in [0.1, 0.15) is 11.4 Å². The highest BCUT2D eigenvalue weighted by Crippen LogP contribution is 2.12. The van der Waals surface area contributed by atoms with Gasteiger partial charge in [0.25, 0.3) is 0 Å². The fourth-order valence-corrected chi connectivity index (χ4v) is 1.02. The molecule has 5 nitrogen and oxygen atoms in total. The van der Waals surface area contributed by atoms with Crippen molar-refractivity contribution in [3.63, 3.8) is 0 Å². The number of halogens is 1. The van der Waals surface area contributed by atoms with E-state index in [1.807, 2.05) is 0 Å². The number of nitrogens with one attached hydrogen (secondary N) is 1. The zero-order valence-electron chi connectivity index (χ0n) is 7.99. The maximum absolute atomic E-state index is 13.1. The second-order valence-corrected chi connectivity index (χ2v) is 2.72. The maximum atomic E-state index is 13.1. The van der Waals surface area contributed by atoms with Crippen LogP contribution in [0.3, 0.4) is 0 Å². The first-order chi connectivity index (χ1) is 7.06. The molecule has 0 fully saturated rings. The number of hydrogen-bond donors (Lipinski definition) is 2. The van der Waals surface area contributed by atoms with Crippen LogP contribution in [0.1, 0.15) is 17.3 Å². The highest BCUT2D eigenvalue weighted by molar-refractivity contribution is 5.90. The van der Waals surface area contributed by atoms with E-state index in [2.05, 4.69) is 4.74 Å². The topological polar surface area (TPSA) is 74.0 Å². The molecule has 82 valence electrons. The van der Waals surface area contributed by atoms with E-state index in [0.29, 0.717) is 0 Å². The minimum absolute atomic E-state index is 0.107. The van der Waals surface area contributed by atoms with E-state index in [1.165, 1.54) is 0 Å². The molecule has 1 aromatic carbocycles. The summed E-state index contributed by atoms with van der Waals surface area (Å²) in [5.74, 6) is -1.66. The van der Waals surface area contributed by atoms with Crippen LogP contribution in [0, 0.1) is 11.0 Å². The van der Waals surface area contributed by atoms with Crippen LogP contribution >= 0.6 is 0 Å². The quantitative estimate of drug-likeness (QED) is 0.565. The first kappa shape index (κ1) is 11.6. The zero-order chi connectivity index (χ0) is 11.4. The van der Waals surface area contributed by atoms with Crippen molar-refractivity contribution in [2.24, 2.45) is 0 Å². The lowest BCUT2D eigenvalue weighted by Gasteiger charge is -2.12. The van der Waals surface area contributed by atoms with Crippen molar-refractivity contribution >= 4 is 11.7 Å². The Kier molecular flexibility index (Phi) is 3.73. The normalized spacial score (nSPS) is 12.3. The third-order valence-corrected chi connectivity index (χ3v) is 1.71. The molecule has 0 aliphatic heterocycles. The summed E-state index contributed by atoms with van der Waals surface area (Å²) in [6.07, 6.45) is 0. The SMILES string of the molecule is CCOC(=O)c1cc([NH+]([O-])O)ccc1F.